The summed E-state index contributed by atoms with van der Waals surface area (Å²) in [5.41, 5.74) is -0.589. The van der Waals surface area contributed by atoms with E-state index >= 15 is 0 Å². The second-order valence-electron chi connectivity index (χ2n) is 5.67. The summed E-state index contributed by atoms with van der Waals surface area (Å²) in [6, 6.07) is 3.69. The van der Waals surface area contributed by atoms with Gasteiger partial charge >= 0.3 is 24.5 Å². The highest BCUT2D eigenvalue weighted by atomic mass is 19.3. The minimum atomic E-state index is -3.32. The van der Waals surface area contributed by atoms with E-state index in [4.69, 9.17) is 4.74 Å². The van der Waals surface area contributed by atoms with Crippen LogP contribution in [-0.2, 0) is 28.6 Å². The number of carbonyl (C=O) groups excluding carboxylic acids is 3. The Balaban J connectivity index is 2.47. The van der Waals surface area contributed by atoms with Crippen LogP contribution in [0.3, 0.4) is 0 Å². The number of aliphatic carboxylic acids is 1. The molecule has 29 heavy (non-hydrogen) atoms. The summed E-state index contributed by atoms with van der Waals surface area (Å²) in [7, 11) is 1.04. The lowest BCUT2D eigenvalue weighted by Gasteiger charge is -2.35. The molecule has 12 heteroatoms. The lowest BCUT2D eigenvalue weighted by molar-refractivity contribution is -0.177. The molecule has 0 aromatic heterocycles. The molecule has 1 aliphatic heterocycles. The maximum Gasteiger partial charge on any atom is 0.387 e. The summed E-state index contributed by atoms with van der Waals surface area (Å²) < 4.78 is 44.6. The van der Waals surface area contributed by atoms with Crippen molar-refractivity contribution in [2.24, 2.45) is 0 Å². The van der Waals surface area contributed by atoms with Crippen molar-refractivity contribution in [2.45, 2.75) is 25.7 Å². The fourth-order valence-electron chi connectivity index (χ4n) is 2.70. The van der Waals surface area contributed by atoms with Gasteiger partial charge in [0.15, 0.2) is 11.9 Å². The molecule has 1 heterocycles. The highest BCUT2D eigenvalue weighted by Gasteiger charge is 2.43. The number of para-hydroxylation sites is 1. The molecular weight excluding hydrogens is 400 g/mol. The summed E-state index contributed by atoms with van der Waals surface area (Å²) >= 11 is 0. The number of methoxy groups -OCH3 is 1. The van der Waals surface area contributed by atoms with Gasteiger partial charge in [-0.25, -0.2) is 9.59 Å². The van der Waals surface area contributed by atoms with Gasteiger partial charge in [-0.1, -0.05) is 6.07 Å². The van der Waals surface area contributed by atoms with Crippen molar-refractivity contribution in [3.05, 3.63) is 23.8 Å². The van der Waals surface area contributed by atoms with Crippen LogP contribution in [-0.4, -0.2) is 68.0 Å². The second kappa shape index (κ2) is 9.28. The fraction of sp³-hybridized carbons (Fsp3) is 0.412. The quantitative estimate of drug-likeness (QED) is 0.641. The van der Waals surface area contributed by atoms with Gasteiger partial charge in [0.2, 0.25) is 6.10 Å². The molecular formula is C17H17F2NO9. The molecule has 0 saturated carbocycles. The smallest absolute Gasteiger partial charge is 0.387 e. The SMILES string of the molecule is COC(=O)c1cccc(N2CCO[C@H]([C@@H](OC(C)=O)C(=O)O)C2=O)c1OC(F)F. The number of carboxylic acids is 1. The molecule has 10 nitrogen and oxygen atoms in total. The molecule has 0 aliphatic carbocycles. The van der Waals surface area contributed by atoms with E-state index in [1.165, 1.54) is 12.1 Å². The normalized spacial score (nSPS) is 17.6. The van der Waals surface area contributed by atoms with Gasteiger partial charge in [-0.15, -0.1) is 0 Å². The van der Waals surface area contributed by atoms with E-state index in [1.54, 1.807) is 0 Å². The Labute approximate surface area is 162 Å². The van der Waals surface area contributed by atoms with Gasteiger partial charge in [0, 0.05) is 13.5 Å². The first-order chi connectivity index (χ1) is 13.7. The Hall–Kier alpha value is -3.28. The van der Waals surface area contributed by atoms with E-state index in [9.17, 15) is 33.1 Å². The number of morpholine rings is 1. The monoisotopic (exact) mass is 417 g/mol. The van der Waals surface area contributed by atoms with E-state index in [0.29, 0.717) is 0 Å². The largest absolute Gasteiger partial charge is 0.478 e. The van der Waals surface area contributed by atoms with Gasteiger partial charge in [0.05, 0.1) is 19.4 Å². The molecule has 2 atom stereocenters. The van der Waals surface area contributed by atoms with Gasteiger partial charge in [0.1, 0.15) is 5.56 Å². The maximum atomic E-state index is 12.9. The lowest BCUT2D eigenvalue weighted by Crippen LogP contribution is -2.55. The topological polar surface area (TPSA) is 129 Å². The molecule has 0 spiro atoms. The van der Waals surface area contributed by atoms with Crippen molar-refractivity contribution < 1.29 is 52.0 Å². The van der Waals surface area contributed by atoms with E-state index < -0.39 is 48.4 Å². The Bertz CT molecular complexity index is 814. The van der Waals surface area contributed by atoms with E-state index in [-0.39, 0.29) is 24.4 Å². The van der Waals surface area contributed by atoms with Crippen LogP contribution >= 0.6 is 0 Å². The molecule has 1 aliphatic rings. The number of rotatable bonds is 7. The van der Waals surface area contributed by atoms with Crippen molar-refractivity contribution in [2.75, 3.05) is 25.2 Å². The molecule has 1 aromatic carbocycles. The van der Waals surface area contributed by atoms with Crippen LogP contribution in [0.2, 0.25) is 0 Å². The van der Waals surface area contributed by atoms with Crippen LogP contribution < -0.4 is 9.64 Å². The van der Waals surface area contributed by atoms with Crippen LogP contribution in [0.25, 0.3) is 0 Å². The Kier molecular flexibility index (Phi) is 7.04. The number of hydrogen-bond acceptors (Lipinski definition) is 8. The lowest BCUT2D eigenvalue weighted by atomic mass is 10.1. The predicted octanol–water partition coefficient (Wildman–Crippen LogP) is 0.823. The van der Waals surface area contributed by atoms with Crippen LogP contribution in [0.4, 0.5) is 14.5 Å². The van der Waals surface area contributed by atoms with Gasteiger partial charge in [-0.3, -0.25) is 9.59 Å². The summed E-state index contributed by atoms with van der Waals surface area (Å²) in [4.78, 5) is 48.2. The average Bonchev–Trinajstić information content (AvgIpc) is 2.65. The number of nitrogens with zero attached hydrogens (tertiary/aromatic N) is 1. The third-order valence-electron chi connectivity index (χ3n) is 3.83. The van der Waals surface area contributed by atoms with Crippen molar-refractivity contribution in [1.29, 1.82) is 0 Å². The number of benzene rings is 1. The first-order valence-corrected chi connectivity index (χ1v) is 8.16. The van der Waals surface area contributed by atoms with Crippen LogP contribution in [0.5, 0.6) is 5.75 Å². The van der Waals surface area contributed by atoms with Crippen LogP contribution in [0.15, 0.2) is 18.2 Å². The number of hydrogen-bond donors (Lipinski definition) is 1. The third kappa shape index (κ3) is 4.96. The summed E-state index contributed by atoms with van der Waals surface area (Å²) in [6.07, 6.45) is -3.68. The molecule has 2 rings (SSSR count). The standard InChI is InChI=1S/C17H17F2NO9/c1-8(21)28-13(15(23)24)12-14(22)20(6-7-27-12)10-5-3-4-9(16(25)26-2)11(10)29-17(18)19/h3-5,12-13,17H,6-7H2,1-2H3,(H,23,24)/t12-,13-/m1/s1. The van der Waals surface area contributed by atoms with Crippen LogP contribution in [0, 0.1) is 0 Å². The van der Waals surface area contributed by atoms with Crippen molar-refractivity contribution >= 4 is 29.5 Å². The molecule has 158 valence electrons. The fourth-order valence-corrected chi connectivity index (χ4v) is 2.70. The van der Waals surface area contributed by atoms with Gasteiger partial charge in [-0.05, 0) is 12.1 Å². The first-order valence-electron chi connectivity index (χ1n) is 8.16. The van der Waals surface area contributed by atoms with Crippen LogP contribution in [0.1, 0.15) is 17.3 Å². The molecule has 1 N–H and O–H groups in total. The summed E-state index contributed by atoms with van der Waals surface area (Å²) in [5.74, 6) is -5.18. The molecule has 0 unspecified atom stereocenters. The number of ether oxygens (including phenoxy) is 4. The number of carbonyl (C=O) groups is 4. The zero-order chi connectivity index (χ0) is 21.7. The van der Waals surface area contributed by atoms with E-state index in [2.05, 4.69) is 14.2 Å². The Morgan fingerprint density at radius 1 is 1.31 bits per heavy atom. The summed E-state index contributed by atoms with van der Waals surface area (Å²) in [5, 5.41) is 9.26. The number of esters is 2. The van der Waals surface area contributed by atoms with Crippen molar-refractivity contribution in [3.8, 4) is 5.75 Å². The zero-order valence-corrected chi connectivity index (χ0v) is 15.3. The van der Waals surface area contributed by atoms with Gasteiger partial charge in [-0.2, -0.15) is 8.78 Å². The predicted molar refractivity (Wildman–Crippen MR) is 89.7 cm³/mol. The molecule has 1 amide bonds. The second-order valence-corrected chi connectivity index (χ2v) is 5.67. The molecule has 0 radical (unpaired) electrons. The average molecular weight is 417 g/mol. The maximum absolute atomic E-state index is 12.9. The van der Waals surface area contributed by atoms with Gasteiger partial charge < -0.3 is 29.0 Å². The van der Waals surface area contributed by atoms with Crippen molar-refractivity contribution in [1.82, 2.24) is 0 Å². The summed E-state index contributed by atoms with van der Waals surface area (Å²) in [6.45, 7) is -2.72. The third-order valence-corrected chi connectivity index (χ3v) is 3.83. The zero-order valence-electron chi connectivity index (χ0n) is 15.3. The number of carboxylic acid groups (broad SMARTS) is 1. The van der Waals surface area contributed by atoms with Gasteiger partial charge in [0.25, 0.3) is 5.91 Å². The highest BCUT2D eigenvalue weighted by Crippen LogP contribution is 2.35. The number of anilines is 1. The molecule has 1 fully saturated rings. The van der Waals surface area contributed by atoms with E-state index in [1.807, 2.05) is 0 Å². The first kappa shape index (κ1) is 22.0. The Morgan fingerprint density at radius 2 is 2.00 bits per heavy atom. The minimum absolute atomic E-state index is 0.161. The number of halogens is 2. The number of alkyl halides is 2. The highest BCUT2D eigenvalue weighted by molar-refractivity contribution is 6.03. The molecule has 1 saturated heterocycles. The molecule has 1 aromatic rings. The van der Waals surface area contributed by atoms with E-state index in [0.717, 1.165) is 25.0 Å². The number of amides is 1. The Morgan fingerprint density at radius 3 is 2.55 bits per heavy atom. The minimum Gasteiger partial charge on any atom is -0.478 e. The van der Waals surface area contributed by atoms with Crippen molar-refractivity contribution in [3.63, 3.8) is 0 Å². The molecule has 0 bridgehead atoms.